The molecule has 0 heterocycles. The number of nitrogens with zero attached hydrogens (tertiary/aromatic N) is 1. The van der Waals surface area contributed by atoms with Crippen molar-refractivity contribution in [1.29, 1.82) is 0 Å². The van der Waals surface area contributed by atoms with E-state index in [-0.39, 0.29) is 13.2 Å². The minimum atomic E-state index is -1.52. The highest BCUT2D eigenvalue weighted by Gasteiger charge is 2.37. The second-order valence-corrected chi connectivity index (χ2v) is 6.02. The molecule has 2 aromatic carbocycles. The summed E-state index contributed by atoms with van der Waals surface area (Å²) >= 11 is 0. The van der Waals surface area contributed by atoms with Crippen LogP contribution in [0, 0.1) is 0 Å². The van der Waals surface area contributed by atoms with Gasteiger partial charge >= 0.3 is 5.97 Å². The first-order valence-corrected chi connectivity index (χ1v) is 8.99. The van der Waals surface area contributed by atoms with Gasteiger partial charge in [-0.15, -0.1) is 0 Å². The molecule has 0 aliphatic rings. The molecule has 1 unspecified atom stereocenters. The Hall–Kier alpha value is -3.19. The van der Waals surface area contributed by atoms with E-state index < -0.39 is 30.6 Å². The number of rotatable bonds is 10. The van der Waals surface area contributed by atoms with Crippen LogP contribution in [0.25, 0.3) is 0 Å². The summed E-state index contributed by atoms with van der Waals surface area (Å²) in [5.41, 5.74) is 1.44. The number of amides is 2. The molecule has 0 saturated carbocycles. The Morgan fingerprint density at radius 3 is 2.25 bits per heavy atom. The molecule has 0 bridgehead atoms. The topological polar surface area (TPSA) is 95.9 Å². The van der Waals surface area contributed by atoms with Gasteiger partial charge in [0.15, 0.2) is 0 Å². The highest BCUT2D eigenvalue weighted by atomic mass is 16.5. The summed E-state index contributed by atoms with van der Waals surface area (Å²) in [7, 11) is 0. The van der Waals surface area contributed by atoms with Crippen LogP contribution < -0.4 is 5.32 Å². The lowest BCUT2D eigenvalue weighted by atomic mass is 10.0. The molecule has 2 amide bonds. The van der Waals surface area contributed by atoms with Gasteiger partial charge in [-0.3, -0.25) is 9.59 Å². The van der Waals surface area contributed by atoms with Crippen molar-refractivity contribution in [2.75, 3.05) is 13.2 Å². The number of carbonyl (C=O) groups excluding carboxylic acids is 3. The van der Waals surface area contributed by atoms with Crippen molar-refractivity contribution >= 4 is 18.3 Å². The van der Waals surface area contributed by atoms with Gasteiger partial charge in [-0.05, 0) is 18.1 Å². The summed E-state index contributed by atoms with van der Waals surface area (Å²) < 4.78 is 5.01. The molecule has 0 aliphatic carbocycles. The lowest BCUT2D eigenvalue weighted by molar-refractivity contribution is -0.158. The van der Waals surface area contributed by atoms with Crippen molar-refractivity contribution in [2.24, 2.45) is 0 Å². The minimum absolute atomic E-state index is 0.0587. The molecule has 2 atom stereocenters. The van der Waals surface area contributed by atoms with E-state index in [4.69, 9.17) is 4.74 Å². The van der Waals surface area contributed by atoms with Gasteiger partial charge in [0.25, 0.3) is 5.91 Å². The number of hydrogen-bond donors (Lipinski definition) is 2. The van der Waals surface area contributed by atoms with Gasteiger partial charge in [0.05, 0.1) is 19.3 Å². The van der Waals surface area contributed by atoms with Crippen LogP contribution in [0.4, 0.5) is 0 Å². The highest BCUT2D eigenvalue weighted by Crippen LogP contribution is 2.22. The number of nitrogens with one attached hydrogen (secondary N) is 1. The average Bonchev–Trinajstić information content (AvgIpc) is 2.73. The fourth-order valence-electron chi connectivity index (χ4n) is 2.83. The molecular weight excluding hydrogens is 360 g/mol. The Morgan fingerprint density at radius 1 is 1.11 bits per heavy atom. The Kier molecular flexibility index (Phi) is 8.17. The Labute approximate surface area is 163 Å². The standard InChI is InChI=1S/C21H24N2O5/c1-2-28-21(27)19(20(26)22-13-16-9-5-3-6-10-16)23(15-25)18(14-24)17-11-7-4-8-12-17/h3-12,15,18-19,24H,2,13-14H2,1H3,(H,22,26)/t18-,19?/m1/s1. The molecule has 0 radical (unpaired) electrons. The zero-order chi connectivity index (χ0) is 20.4. The van der Waals surface area contributed by atoms with Crippen molar-refractivity contribution in [3.8, 4) is 0 Å². The van der Waals surface area contributed by atoms with Gasteiger partial charge in [0, 0.05) is 6.54 Å². The third-order valence-corrected chi connectivity index (χ3v) is 4.20. The van der Waals surface area contributed by atoms with Crippen LogP contribution in [0.5, 0.6) is 0 Å². The average molecular weight is 384 g/mol. The number of aliphatic hydroxyl groups excluding tert-OH is 1. The molecular formula is C21H24N2O5. The molecule has 148 valence electrons. The van der Waals surface area contributed by atoms with Crippen LogP contribution in [0.3, 0.4) is 0 Å². The summed E-state index contributed by atoms with van der Waals surface area (Å²) in [5.74, 6) is -1.53. The number of aliphatic hydroxyl groups is 1. The maximum atomic E-state index is 12.8. The van der Waals surface area contributed by atoms with Crippen LogP contribution in [0.2, 0.25) is 0 Å². The fourth-order valence-corrected chi connectivity index (χ4v) is 2.83. The van der Waals surface area contributed by atoms with Crippen molar-refractivity contribution < 1.29 is 24.2 Å². The highest BCUT2D eigenvalue weighted by molar-refractivity contribution is 6.03. The van der Waals surface area contributed by atoms with E-state index in [1.165, 1.54) is 0 Å². The number of ether oxygens (including phenoxy) is 1. The molecule has 28 heavy (non-hydrogen) atoms. The van der Waals surface area contributed by atoms with Crippen molar-refractivity contribution in [3.05, 3.63) is 71.8 Å². The zero-order valence-electron chi connectivity index (χ0n) is 15.7. The van der Waals surface area contributed by atoms with E-state index >= 15 is 0 Å². The molecule has 2 aromatic rings. The first-order valence-electron chi connectivity index (χ1n) is 8.99. The van der Waals surface area contributed by atoms with Crippen molar-refractivity contribution in [3.63, 3.8) is 0 Å². The van der Waals surface area contributed by atoms with Crippen LogP contribution in [-0.4, -0.2) is 47.5 Å². The molecule has 0 aliphatic heterocycles. The van der Waals surface area contributed by atoms with Gasteiger partial charge < -0.3 is 20.1 Å². The van der Waals surface area contributed by atoms with Crippen LogP contribution in [-0.2, 0) is 25.7 Å². The van der Waals surface area contributed by atoms with Gasteiger partial charge in [0.1, 0.15) is 0 Å². The summed E-state index contributed by atoms with van der Waals surface area (Å²) in [6, 6.07) is 15.5. The molecule has 0 fully saturated rings. The fraction of sp³-hybridized carbons (Fsp3) is 0.286. The monoisotopic (exact) mass is 384 g/mol. The number of benzene rings is 2. The number of esters is 1. The van der Waals surface area contributed by atoms with Crippen molar-refractivity contribution in [2.45, 2.75) is 25.6 Å². The summed E-state index contributed by atoms with van der Waals surface area (Å²) in [5, 5.41) is 12.5. The number of carbonyl (C=O) groups is 3. The van der Waals surface area contributed by atoms with E-state index in [1.54, 1.807) is 37.3 Å². The summed E-state index contributed by atoms with van der Waals surface area (Å²) in [6.45, 7) is 1.41. The van der Waals surface area contributed by atoms with Crippen LogP contribution >= 0.6 is 0 Å². The molecule has 0 spiro atoms. The predicted molar refractivity (Wildman–Crippen MR) is 103 cm³/mol. The molecule has 2 N–H and O–H groups in total. The minimum Gasteiger partial charge on any atom is -0.464 e. The third-order valence-electron chi connectivity index (χ3n) is 4.20. The quantitative estimate of drug-likeness (QED) is 0.367. The zero-order valence-corrected chi connectivity index (χ0v) is 15.7. The van der Waals surface area contributed by atoms with Crippen LogP contribution in [0.1, 0.15) is 24.1 Å². The van der Waals surface area contributed by atoms with Gasteiger partial charge in [-0.25, -0.2) is 4.79 Å². The van der Waals surface area contributed by atoms with Gasteiger partial charge in [-0.1, -0.05) is 60.7 Å². The molecule has 0 aromatic heterocycles. The Balaban J connectivity index is 2.27. The Morgan fingerprint density at radius 2 is 1.71 bits per heavy atom. The molecule has 0 saturated heterocycles. The molecule has 7 heteroatoms. The number of hydrogen-bond acceptors (Lipinski definition) is 5. The maximum Gasteiger partial charge on any atom is 0.338 e. The van der Waals surface area contributed by atoms with E-state index in [0.717, 1.165) is 10.5 Å². The normalized spacial score (nSPS) is 12.5. The lowest BCUT2D eigenvalue weighted by Crippen LogP contribution is -2.53. The van der Waals surface area contributed by atoms with Gasteiger partial charge in [0.2, 0.25) is 12.5 Å². The largest absolute Gasteiger partial charge is 0.464 e. The third kappa shape index (κ3) is 5.40. The SMILES string of the molecule is CCOC(=O)C(C(=O)NCc1ccccc1)N(C=O)[C@H](CO)c1ccccc1. The first-order chi connectivity index (χ1) is 13.6. The van der Waals surface area contributed by atoms with E-state index in [2.05, 4.69) is 5.32 Å². The molecule has 2 rings (SSSR count). The Bertz CT molecular complexity index is 767. The maximum absolute atomic E-state index is 12.8. The van der Waals surface area contributed by atoms with E-state index in [9.17, 15) is 19.5 Å². The second kappa shape index (κ2) is 10.8. The second-order valence-electron chi connectivity index (χ2n) is 6.02. The summed E-state index contributed by atoms with van der Waals surface area (Å²) in [6.07, 6.45) is 0.386. The van der Waals surface area contributed by atoms with E-state index in [0.29, 0.717) is 12.0 Å². The first kappa shape index (κ1) is 21.1. The smallest absolute Gasteiger partial charge is 0.338 e. The van der Waals surface area contributed by atoms with Crippen molar-refractivity contribution in [1.82, 2.24) is 10.2 Å². The van der Waals surface area contributed by atoms with Crippen LogP contribution in [0.15, 0.2) is 60.7 Å². The van der Waals surface area contributed by atoms with E-state index in [1.807, 2.05) is 30.3 Å². The molecule has 7 nitrogen and oxygen atoms in total. The summed E-state index contributed by atoms with van der Waals surface area (Å²) in [4.78, 5) is 38.1. The van der Waals surface area contributed by atoms with Gasteiger partial charge in [-0.2, -0.15) is 0 Å². The lowest BCUT2D eigenvalue weighted by Gasteiger charge is -2.32. The predicted octanol–water partition coefficient (Wildman–Crippen LogP) is 1.43.